The third kappa shape index (κ3) is 4.05. The lowest BCUT2D eigenvalue weighted by Crippen LogP contribution is -2.51. The van der Waals surface area contributed by atoms with Gasteiger partial charge in [-0.2, -0.15) is 5.10 Å². The number of allylic oxidation sites excluding steroid dienone is 2. The smallest absolute Gasteiger partial charge is 0.481 e. The Morgan fingerprint density at radius 1 is 1.19 bits per heavy atom. The average Bonchev–Trinajstić information content (AvgIpc) is 3.14. The van der Waals surface area contributed by atoms with Crippen LogP contribution < -0.4 is 0 Å². The molecule has 5 rings (SSSR count). The summed E-state index contributed by atoms with van der Waals surface area (Å²) < 4.78 is 57.3. The molecule has 198 valence electrons. The van der Waals surface area contributed by atoms with Crippen LogP contribution in [-0.2, 0) is 20.7 Å². The van der Waals surface area contributed by atoms with Gasteiger partial charge >= 0.3 is 18.3 Å². The van der Waals surface area contributed by atoms with Crippen molar-refractivity contribution < 1.29 is 37.0 Å². The van der Waals surface area contributed by atoms with Crippen LogP contribution >= 0.6 is 0 Å². The molecule has 1 aromatic carbocycles. The first-order chi connectivity index (χ1) is 17.3. The Kier molecular flexibility index (Phi) is 5.99. The van der Waals surface area contributed by atoms with E-state index in [4.69, 9.17) is 5.10 Å². The lowest BCUT2D eigenvalue weighted by atomic mass is 9.48. The van der Waals surface area contributed by atoms with E-state index in [9.17, 15) is 32.3 Å². The van der Waals surface area contributed by atoms with Gasteiger partial charge in [0.2, 0.25) is 0 Å². The molecule has 1 N–H and O–H groups in total. The van der Waals surface area contributed by atoms with Crippen molar-refractivity contribution in [1.82, 2.24) is 9.78 Å². The second-order valence-corrected chi connectivity index (χ2v) is 10.7. The van der Waals surface area contributed by atoms with Crippen LogP contribution in [0.4, 0.5) is 17.6 Å². The van der Waals surface area contributed by atoms with Crippen molar-refractivity contribution in [2.75, 3.05) is 0 Å². The van der Waals surface area contributed by atoms with E-state index in [1.165, 1.54) is 12.1 Å². The van der Waals surface area contributed by atoms with Crippen LogP contribution in [-0.4, -0.2) is 33.2 Å². The van der Waals surface area contributed by atoms with Crippen LogP contribution in [0.25, 0.3) is 5.69 Å². The Labute approximate surface area is 211 Å². The first kappa shape index (κ1) is 25.5. The molecule has 0 saturated heterocycles. The fourth-order valence-corrected chi connectivity index (χ4v) is 7.27. The number of carboxylic acid groups (broad SMARTS) is 1. The van der Waals surface area contributed by atoms with E-state index < -0.39 is 41.5 Å². The number of alkyl halides is 3. The molecule has 0 aliphatic heterocycles. The van der Waals surface area contributed by atoms with Gasteiger partial charge in [0.15, 0.2) is 0 Å². The molecule has 6 nitrogen and oxygen atoms in total. The number of carbonyl (C=O) groups is 2. The molecule has 1 saturated carbocycles. The fraction of sp³-hybridized carbons (Fsp3) is 0.519. The van der Waals surface area contributed by atoms with Gasteiger partial charge < -0.3 is 9.84 Å². The van der Waals surface area contributed by atoms with Crippen LogP contribution in [0.1, 0.15) is 56.0 Å². The minimum atomic E-state index is -5.16. The maximum absolute atomic E-state index is 13.5. The number of halogens is 4. The van der Waals surface area contributed by atoms with Crippen LogP contribution in [0, 0.1) is 41.8 Å². The van der Waals surface area contributed by atoms with E-state index >= 15 is 0 Å². The number of hydrogen-bond acceptors (Lipinski definition) is 4. The van der Waals surface area contributed by atoms with Gasteiger partial charge in [0.1, 0.15) is 5.82 Å². The Bertz CT molecular complexity index is 1280. The van der Waals surface area contributed by atoms with E-state index in [0.717, 1.165) is 28.2 Å². The molecule has 1 heterocycles. The second-order valence-electron chi connectivity index (χ2n) is 10.7. The summed E-state index contributed by atoms with van der Waals surface area (Å²) in [4.78, 5) is 24.6. The average molecular weight is 521 g/mol. The van der Waals surface area contributed by atoms with Gasteiger partial charge in [0, 0.05) is 11.3 Å². The zero-order chi connectivity index (χ0) is 26.9. The Balaban J connectivity index is 1.55. The molecule has 3 aliphatic carbocycles. The number of carboxylic acids is 1. The number of carbonyl (C=O) groups excluding carboxylic acids is 1. The van der Waals surface area contributed by atoms with Gasteiger partial charge in [0.25, 0.3) is 0 Å². The molecule has 1 aromatic heterocycles. The van der Waals surface area contributed by atoms with Crippen molar-refractivity contribution in [1.29, 1.82) is 0 Å². The van der Waals surface area contributed by atoms with Gasteiger partial charge in [-0.1, -0.05) is 25.5 Å². The zero-order valence-corrected chi connectivity index (χ0v) is 20.7. The quantitative estimate of drug-likeness (QED) is 0.318. The van der Waals surface area contributed by atoms with Crippen LogP contribution in [0.5, 0.6) is 0 Å². The van der Waals surface area contributed by atoms with Crippen LogP contribution in [0.15, 0.2) is 35.9 Å². The van der Waals surface area contributed by atoms with Crippen molar-refractivity contribution in [2.24, 2.45) is 29.1 Å². The number of rotatable bonds is 3. The summed E-state index contributed by atoms with van der Waals surface area (Å²) >= 11 is 0. The molecular weight excluding hydrogens is 492 g/mol. The SMILES string of the molecule is Cc1nn(-c2ccc(F)cc2)c2c1C(C)[C@]1(C)C3=CC[C@H](C(=O)OC(F)(F)F)[C@@H](C(=O)O)[C@H]3CC[C@@H]1C2. The third-order valence-electron chi connectivity index (χ3n) is 9.01. The number of aryl methyl sites for hydroxylation is 1. The molecule has 0 bridgehead atoms. The van der Waals surface area contributed by atoms with Crippen molar-refractivity contribution >= 4 is 11.9 Å². The van der Waals surface area contributed by atoms with Gasteiger partial charge in [-0.15, -0.1) is 13.2 Å². The third-order valence-corrected chi connectivity index (χ3v) is 9.01. The van der Waals surface area contributed by atoms with Gasteiger partial charge in [-0.25, -0.2) is 9.07 Å². The van der Waals surface area contributed by atoms with Gasteiger partial charge in [-0.3, -0.25) is 9.59 Å². The largest absolute Gasteiger partial charge is 0.575 e. The Hall–Kier alpha value is -3.17. The summed E-state index contributed by atoms with van der Waals surface area (Å²) in [7, 11) is 0. The fourth-order valence-electron chi connectivity index (χ4n) is 7.27. The number of ether oxygens (including phenoxy) is 1. The maximum Gasteiger partial charge on any atom is 0.575 e. The zero-order valence-electron chi connectivity index (χ0n) is 20.7. The number of esters is 1. The van der Waals surface area contributed by atoms with E-state index in [1.54, 1.807) is 18.2 Å². The van der Waals surface area contributed by atoms with Crippen LogP contribution in [0.2, 0.25) is 0 Å². The number of nitrogens with zero attached hydrogens (tertiary/aromatic N) is 2. The van der Waals surface area contributed by atoms with Crippen molar-refractivity contribution in [2.45, 2.75) is 58.7 Å². The predicted molar refractivity (Wildman–Crippen MR) is 124 cm³/mol. The number of aliphatic carboxylic acids is 1. The molecule has 1 unspecified atom stereocenters. The van der Waals surface area contributed by atoms with E-state index in [1.807, 2.05) is 11.6 Å². The topological polar surface area (TPSA) is 81.4 Å². The van der Waals surface area contributed by atoms with Crippen molar-refractivity contribution in [3.8, 4) is 5.69 Å². The highest BCUT2D eigenvalue weighted by atomic mass is 19.4. The van der Waals surface area contributed by atoms with Crippen molar-refractivity contribution in [3.63, 3.8) is 0 Å². The lowest BCUT2D eigenvalue weighted by Gasteiger charge is -2.56. The molecule has 0 radical (unpaired) electrons. The summed E-state index contributed by atoms with van der Waals surface area (Å²) in [5, 5.41) is 14.8. The minimum Gasteiger partial charge on any atom is -0.481 e. The number of hydrogen-bond donors (Lipinski definition) is 1. The predicted octanol–water partition coefficient (Wildman–Crippen LogP) is 5.72. The molecule has 2 aromatic rings. The summed E-state index contributed by atoms with van der Waals surface area (Å²) in [5.74, 6) is -6.33. The molecular formula is C27H28F4N2O4. The molecule has 6 atom stereocenters. The van der Waals surface area contributed by atoms with Gasteiger partial charge in [-0.05, 0) is 80.0 Å². The normalized spacial score (nSPS) is 31.0. The summed E-state index contributed by atoms with van der Waals surface area (Å²) in [5.41, 5.74) is 4.12. The second kappa shape index (κ2) is 8.70. The molecule has 3 aliphatic rings. The number of aromatic nitrogens is 2. The molecule has 37 heavy (non-hydrogen) atoms. The molecule has 0 amide bonds. The first-order valence-corrected chi connectivity index (χ1v) is 12.4. The molecule has 0 spiro atoms. The summed E-state index contributed by atoms with van der Waals surface area (Å²) in [6, 6.07) is 6.14. The summed E-state index contributed by atoms with van der Waals surface area (Å²) in [6.07, 6.45) is -1.71. The monoisotopic (exact) mass is 520 g/mol. The minimum absolute atomic E-state index is 0.0578. The molecule has 1 fully saturated rings. The van der Waals surface area contributed by atoms with E-state index in [-0.39, 0.29) is 24.1 Å². The van der Waals surface area contributed by atoms with Gasteiger partial charge in [0.05, 0.1) is 23.2 Å². The number of benzene rings is 1. The summed E-state index contributed by atoms with van der Waals surface area (Å²) in [6.45, 7) is 6.10. The van der Waals surface area contributed by atoms with Crippen LogP contribution in [0.3, 0.4) is 0 Å². The van der Waals surface area contributed by atoms with Crippen molar-refractivity contribution in [3.05, 3.63) is 58.7 Å². The Morgan fingerprint density at radius 3 is 2.49 bits per heavy atom. The highest BCUT2D eigenvalue weighted by Crippen LogP contribution is 2.63. The number of fused-ring (bicyclic) bond motifs is 4. The highest BCUT2D eigenvalue weighted by molar-refractivity contribution is 5.82. The maximum atomic E-state index is 13.5. The standard InChI is InChI=1S/C27H28F4N2O4/c1-13-22-14(2)32-33(17-7-5-16(28)6-8-17)21(22)12-15-4-9-18-20(26(13,15)3)11-10-19(23(18)24(34)35)25(36)37-27(29,30)31/h5-8,11,13,15,18-19,23H,4,9-10,12H2,1-3H3,(H,34,35)/t13?,15-,18+,19+,23+,26+/m1/s1. The highest BCUT2D eigenvalue weighted by Gasteiger charge is 2.57. The van der Waals surface area contributed by atoms with E-state index in [0.29, 0.717) is 19.3 Å². The lowest BCUT2D eigenvalue weighted by molar-refractivity contribution is -0.308. The molecule has 10 heteroatoms. The van der Waals surface area contributed by atoms with E-state index in [2.05, 4.69) is 18.6 Å². The Morgan fingerprint density at radius 2 is 1.86 bits per heavy atom. The first-order valence-electron chi connectivity index (χ1n) is 12.4.